The first-order valence-electron chi connectivity index (χ1n) is 6.59. The van der Waals surface area contributed by atoms with Crippen LogP contribution in [0.2, 0.25) is 5.02 Å². The molecule has 1 fully saturated rings. The summed E-state index contributed by atoms with van der Waals surface area (Å²) in [5, 5.41) is 15.6. The van der Waals surface area contributed by atoms with E-state index >= 15 is 0 Å². The lowest BCUT2D eigenvalue weighted by molar-refractivity contribution is -0.121. The third kappa shape index (κ3) is 4.70. The SMILES string of the molecule is O=C(CNC(=O)c1ccc(Cl)cc1)NCC1(O)CCOC1. The van der Waals surface area contributed by atoms with E-state index in [2.05, 4.69) is 10.6 Å². The zero-order valence-electron chi connectivity index (χ0n) is 11.4. The Bertz CT molecular complexity index is 512. The lowest BCUT2D eigenvalue weighted by Gasteiger charge is -2.20. The smallest absolute Gasteiger partial charge is 0.251 e. The predicted octanol–water partition coefficient (Wildman–Crippen LogP) is 0.337. The van der Waals surface area contributed by atoms with Crippen molar-refractivity contribution >= 4 is 23.4 Å². The molecule has 1 aliphatic rings. The van der Waals surface area contributed by atoms with Gasteiger partial charge in [-0.1, -0.05) is 11.6 Å². The Morgan fingerprint density at radius 1 is 1.29 bits per heavy atom. The lowest BCUT2D eigenvalue weighted by Crippen LogP contribution is -2.46. The van der Waals surface area contributed by atoms with Crippen molar-refractivity contribution < 1.29 is 19.4 Å². The Morgan fingerprint density at radius 2 is 2.00 bits per heavy atom. The number of carbonyl (C=O) groups is 2. The van der Waals surface area contributed by atoms with Gasteiger partial charge >= 0.3 is 0 Å². The molecule has 0 aliphatic carbocycles. The topological polar surface area (TPSA) is 87.7 Å². The number of rotatable bonds is 5. The zero-order valence-corrected chi connectivity index (χ0v) is 12.2. The summed E-state index contributed by atoms with van der Waals surface area (Å²) in [5.74, 6) is -0.720. The average Bonchev–Trinajstić information content (AvgIpc) is 2.91. The molecule has 7 heteroatoms. The van der Waals surface area contributed by atoms with Gasteiger partial charge in [-0.15, -0.1) is 0 Å². The number of carbonyl (C=O) groups excluding carboxylic acids is 2. The van der Waals surface area contributed by atoms with Crippen LogP contribution < -0.4 is 10.6 Å². The molecule has 0 aromatic heterocycles. The van der Waals surface area contributed by atoms with E-state index in [0.717, 1.165) is 0 Å². The van der Waals surface area contributed by atoms with E-state index in [1.54, 1.807) is 24.3 Å². The molecule has 1 aromatic rings. The molecule has 1 aromatic carbocycles. The average molecular weight is 313 g/mol. The van der Waals surface area contributed by atoms with E-state index in [9.17, 15) is 14.7 Å². The second kappa shape index (κ2) is 6.89. The Balaban J connectivity index is 1.73. The van der Waals surface area contributed by atoms with Gasteiger partial charge in [-0.3, -0.25) is 9.59 Å². The van der Waals surface area contributed by atoms with Crippen molar-refractivity contribution in [2.45, 2.75) is 12.0 Å². The molecule has 1 unspecified atom stereocenters. The van der Waals surface area contributed by atoms with Crippen molar-refractivity contribution in [2.24, 2.45) is 0 Å². The molecule has 114 valence electrons. The molecule has 6 nitrogen and oxygen atoms in total. The van der Waals surface area contributed by atoms with Crippen molar-refractivity contribution in [3.05, 3.63) is 34.9 Å². The van der Waals surface area contributed by atoms with Gasteiger partial charge in [0, 0.05) is 30.2 Å². The quantitative estimate of drug-likeness (QED) is 0.731. The molecule has 0 spiro atoms. The Hall–Kier alpha value is -1.63. The molecular weight excluding hydrogens is 296 g/mol. The Labute approximate surface area is 127 Å². The number of aliphatic hydroxyl groups is 1. The van der Waals surface area contributed by atoms with Crippen LogP contribution in [-0.2, 0) is 9.53 Å². The van der Waals surface area contributed by atoms with Gasteiger partial charge in [-0.2, -0.15) is 0 Å². The predicted molar refractivity (Wildman–Crippen MR) is 77.2 cm³/mol. The fraction of sp³-hybridized carbons (Fsp3) is 0.429. The summed E-state index contributed by atoms with van der Waals surface area (Å²) in [7, 11) is 0. The molecule has 21 heavy (non-hydrogen) atoms. The minimum absolute atomic E-state index is 0.114. The number of benzene rings is 1. The summed E-state index contributed by atoms with van der Waals surface area (Å²) in [5.41, 5.74) is -0.578. The summed E-state index contributed by atoms with van der Waals surface area (Å²) < 4.78 is 5.08. The largest absolute Gasteiger partial charge is 0.386 e. The molecule has 0 bridgehead atoms. The number of hydrogen-bond donors (Lipinski definition) is 3. The standard InChI is InChI=1S/C14H17ClN2O4/c15-11-3-1-10(2-4-11)13(19)16-7-12(18)17-8-14(20)5-6-21-9-14/h1-4,20H,5-9H2,(H,16,19)(H,17,18). The Morgan fingerprint density at radius 3 is 2.62 bits per heavy atom. The molecule has 0 radical (unpaired) electrons. The van der Waals surface area contributed by atoms with Crippen molar-refractivity contribution in [1.29, 1.82) is 0 Å². The van der Waals surface area contributed by atoms with Crippen LogP contribution >= 0.6 is 11.6 Å². The normalized spacial score (nSPS) is 21.0. The minimum atomic E-state index is -1.00. The summed E-state index contributed by atoms with van der Waals surface area (Å²) >= 11 is 5.73. The van der Waals surface area contributed by atoms with Gasteiger partial charge in [0.1, 0.15) is 5.60 Å². The summed E-state index contributed by atoms with van der Waals surface area (Å²) in [6.07, 6.45) is 0.490. The molecule has 3 N–H and O–H groups in total. The highest BCUT2D eigenvalue weighted by atomic mass is 35.5. The molecular formula is C14H17ClN2O4. The first-order chi connectivity index (χ1) is 9.98. The van der Waals surface area contributed by atoms with Crippen LogP contribution in [0.1, 0.15) is 16.8 Å². The maximum absolute atomic E-state index is 11.8. The van der Waals surface area contributed by atoms with Crippen LogP contribution in [0.15, 0.2) is 24.3 Å². The van der Waals surface area contributed by atoms with Crippen molar-refractivity contribution in [3.63, 3.8) is 0 Å². The van der Waals surface area contributed by atoms with Gasteiger partial charge in [-0.25, -0.2) is 0 Å². The van der Waals surface area contributed by atoms with Gasteiger partial charge in [-0.05, 0) is 24.3 Å². The third-order valence-corrected chi connectivity index (χ3v) is 3.46. The van der Waals surface area contributed by atoms with Crippen LogP contribution in [0, 0.1) is 0 Å². The summed E-state index contributed by atoms with van der Waals surface area (Å²) in [4.78, 5) is 23.4. The van der Waals surface area contributed by atoms with Gasteiger partial charge in [0.25, 0.3) is 5.91 Å². The fourth-order valence-corrected chi connectivity index (χ4v) is 2.05. The Kier molecular flexibility index (Phi) is 5.17. The van der Waals surface area contributed by atoms with Crippen molar-refractivity contribution in [3.8, 4) is 0 Å². The van der Waals surface area contributed by atoms with Gasteiger partial charge in [0.2, 0.25) is 5.91 Å². The van der Waals surface area contributed by atoms with Crippen LogP contribution in [0.3, 0.4) is 0 Å². The highest BCUT2D eigenvalue weighted by molar-refractivity contribution is 6.30. The van der Waals surface area contributed by atoms with Crippen LogP contribution in [0.4, 0.5) is 0 Å². The molecule has 0 saturated carbocycles. The van der Waals surface area contributed by atoms with Gasteiger partial charge in [0.15, 0.2) is 0 Å². The zero-order chi connectivity index (χ0) is 15.3. The van der Waals surface area contributed by atoms with E-state index in [4.69, 9.17) is 16.3 Å². The van der Waals surface area contributed by atoms with Crippen LogP contribution in [0.25, 0.3) is 0 Å². The summed E-state index contributed by atoms with van der Waals surface area (Å²) in [6.45, 7) is 0.658. The first kappa shape index (κ1) is 15.8. The molecule has 1 saturated heterocycles. The second-order valence-electron chi connectivity index (χ2n) is 4.99. The number of amides is 2. The monoisotopic (exact) mass is 312 g/mol. The number of halogens is 1. The number of nitrogens with one attached hydrogen (secondary N) is 2. The third-order valence-electron chi connectivity index (χ3n) is 3.21. The highest BCUT2D eigenvalue weighted by Crippen LogP contribution is 2.16. The van der Waals surface area contributed by atoms with E-state index in [1.165, 1.54) is 0 Å². The van der Waals surface area contributed by atoms with E-state index in [-0.39, 0.29) is 31.5 Å². The van der Waals surface area contributed by atoms with Crippen molar-refractivity contribution in [2.75, 3.05) is 26.3 Å². The maximum Gasteiger partial charge on any atom is 0.251 e. The number of hydrogen-bond acceptors (Lipinski definition) is 4. The minimum Gasteiger partial charge on any atom is -0.386 e. The molecule has 1 heterocycles. The van der Waals surface area contributed by atoms with E-state index in [1.807, 2.05) is 0 Å². The highest BCUT2D eigenvalue weighted by Gasteiger charge is 2.32. The van der Waals surface area contributed by atoms with Crippen LogP contribution in [0.5, 0.6) is 0 Å². The molecule has 2 amide bonds. The van der Waals surface area contributed by atoms with Gasteiger partial charge in [0.05, 0.1) is 13.2 Å². The van der Waals surface area contributed by atoms with E-state index < -0.39 is 5.60 Å². The lowest BCUT2D eigenvalue weighted by atomic mass is 10.0. The molecule has 2 rings (SSSR count). The van der Waals surface area contributed by atoms with Crippen LogP contribution in [-0.4, -0.2) is 48.8 Å². The first-order valence-corrected chi connectivity index (χ1v) is 6.97. The summed E-state index contributed by atoms with van der Waals surface area (Å²) in [6, 6.07) is 6.36. The van der Waals surface area contributed by atoms with Crippen molar-refractivity contribution in [1.82, 2.24) is 10.6 Å². The number of ether oxygens (including phenoxy) is 1. The van der Waals surface area contributed by atoms with E-state index in [0.29, 0.717) is 23.6 Å². The fourth-order valence-electron chi connectivity index (χ4n) is 1.93. The molecule has 1 aliphatic heterocycles. The second-order valence-corrected chi connectivity index (χ2v) is 5.43. The maximum atomic E-state index is 11.8. The van der Waals surface area contributed by atoms with Gasteiger partial charge < -0.3 is 20.5 Å². The molecule has 1 atom stereocenters.